The average molecular weight is 235 g/mol. The summed E-state index contributed by atoms with van der Waals surface area (Å²) in [5, 5.41) is 0. The Balaban J connectivity index is 2.27. The smallest absolute Gasteiger partial charge is 0.126 e. The molecule has 0 saturated heterocycles. The molecule has 0 aliphatic heterocycles. The molecule has 1 aromatic rings. The molecule has 0 heterocycles. The van der Waals surface area contributed by atoms with E-state index in [0.29, 0.717) is 5.56 Å². The summed E-state index contributed by atoms with van der Waals surface area (Å²) in [5.41, 5.74) is 8.11. The highest BCUT2D eigenvalue weighted by atomic mass is 19.1. The summed E-state index contributed by atoms with van der Waals surface area (Å²) in [6.07, 6.45) is 5.73. The zero-order valence-corrected chi connectivity index (χ0v) is 10.8. The lowest BCUT2D eigenvalue weighted by molar-refractivity contribution is 0.221. The maximum Gasteiger partial charge on any atom is 0.126 e. The molecule has 0 amide bonds. The summed E-state index contributed by atoms with van der Waals surface area (Å²) in [6.45, 7) is 4.04. The Morgan fingerprint density at radius 3 is 2.88 bits per heavy atom. The maximum atomic E-state index is 13.3. The molecule has 2 atom stereocenters. The Hall–Kier alpha value is -0.890. The van der Waals surface area contributed by atoms with E-state index in [1.165, 1.54) is 19.3 Å². The molecule has 1 aliphatic rings. The molecule has 1 saturated carbocycles. The highest BCUT2D eigenvalue weighted by Gasteiger charge is 2.33. The Morgan fingerprint density at radius 2 is 2.24 bits per heavy atom. The van der Waals surface area contributed by atoms with Crippen LogP contribution in [-0.2, 0) is 5.54 Å². The van der Waals surface area contributed by atoms with Gasteiger partial charge in [-0.05, 0) is 42.9 Å². The third-order valence-electron chi connectivity index (χ3n) is 4.20. The number of hydrogen-bond acceptors (Lipinski definition) is 1. The minimum absolute atomic E-state index is 0.139. The minimum Gasteiger partial charge on any atom is -0.321 e. The standard InChI is InChI=1S/C15H22FN/c1-3-12-5-4-8-15(17,10-12)13-6-7-14(16)11(2)9-13/h6-7,9,12H,3-5,8,10,17H2,1-2H3. The van der Waals surface area contributed by atoms with E-state index in [2.05, 4.69) is 6.92 Å². The van der Waals surface area contributed by atoms with E-state index in [0.717, 1.165) is 24.3 Å². The van der Waals surface area contributed by atoms with Gasteiger partial charge in [0.1, 0.15) is 5.82 Å². The summed E-state index contributed by atoms with van der Waals surface area (Å²) < 4.78 is 13.3. The molecule has 2 rings (SSSR count). The highest BCUT2D eigenvalue weighted by Crippen LogP contribution is 2.39. The summed E-state index contributed by atoms with van der Waals surface area (Å²) in [6, 6.07) is 5.34. The van der Waals surface area contributed by atoms with Crippen molar-refractivity contribution in [2.24, 2.45) is 11.7 Å². The second-order valence-corrected chi connectivity index (χ2v) is 5.49. The molecule has 1 fully saturated rings. The molecule has 17 heavy (non-hydrogen) atoms. The first-order valence-corrected chi connectivity index (χ1v) is 6.60. The van der Waals surface area contributed by atoms with Gasteiger partial charge < -0.3 is 5.73 Å². The van der Waals surface area contributed by atoms with E-state index in [1.807, 2.05) is 19.1 Å². The normalized spacial score (nSPS) is 29.3. The Labute approximate surface area is 103 Å². The molecule has 2 heteroatoms. The lowest BCUT2D eigenvalue weighted by Crippen LogP contribution is -2.41. The number of aryl methyl sites for hydroxylation is 1. The van der Waals surface area contributed by atoms with Gasteiger partial charge in [-0.2, -0.15) is 0 Å². The van der Waals surface area contributed by atoms with Crippen LogP contribution in [0.1, 0.15) is 50.2 Å². The van der Waals surface area contributed by atoms with Crippen LogP contribution in [0.2, 0.25) is 0 Å². The van der Waals surface area contributed by atoms with Gasteiger partial charge in [0, 0.05) is 5.54 Å². The van der Waals surface area contributed by atoms with Gasteiger partial charge in [-0.25, -0.2) is 4.39 Å². The molecule has 2 N–H and O–H groups in total. The first-order valence-electron chi connectivity index (χ1n) is 6.60. The summed E-state index contributed by atoms with van der Waals surface area (Å²) >= 11 is 0. The molecular weight excluding hydrogens is 213 g/mol. The van der Waals surface area contributed by atoms with Crippen LogP contribution < -0.4 is 5.73 Å². The van der Waals surface area contributed by atoms with Crippen LogP contribution >= 0.6 is 0 Å². The van der Waals surface area contributed by atoms with Crippen molar-refractivity contribution in [2.45, 2.75) is 51.5 Å². The molecule has 1 aromatic carbocycles. The second kappa shape index (κ2) is 4.77. The number of halogens is 1. The molecular formula is C15H22FN. The zero-order chi connectivity index (χ0) is 12.5. The fourth-order valence-corrected chi connectivity index (χ4v) is 2.99. The molecule has 0 radical (unpaired) electrons. The van der Waals surface area contributed by atoms with Gasteiger partial charge in [0.15, 0.2) is 0 Å². The predicted molar refractivity (Wildman–Crippen MR) is 69.3 cm³/mol. The van der Waals surface area contributed by atoms with Gasteiger partial charge >= 0.3 is 0 Å². The molecule has 1 nitrogen and oxygen atoms in total. The quantitative estimate of drug-likeness (QED) is 0.827. The van der Waals surface area contributed by atoms with Crippen LogP contribution in [0.15, 0.2) is 18.2 Å². The van der Waals surface area contributed by atoms with Gasteiger partial charge in [0.2, 0.25) is 0 Å². The maximum absolute atomic E-state index is 13.3. The molecule has 0 aromatic heterocycles. The molecule has 0 bridgehead atoms. The fourth-order valence-electron chi connectivity index (χ4n) is 2.99. The molecule has 0 spiro atoms. The summed E-state index contributed by atoms with van der Waals surface area (Å²) in [7, 11) is 0. The Morgan fingerprint density at radius 1 is 1.47 bits per heavy atom. The van der Waals surface area contributed by atoms with E-state index in [-0.39, 0.29) is 11.4 Å². The van der Waals surface area contributed by atoms with Crippen LogP contribution in [0, 0.1) is 18.7 Å². The third-order valence-corrected chi connectivity index (χ3v) is 4.20. The van der Waals surface area contributed by atoms with Crippen molar-refractivity contribution in [3.63, 3.8) is 0 Å². The van der Waals surface area contributed by atoms with E-state index >= 15 is 0 Å². The third kappa shape index (κ3) is 2.52. The molecule has 94 valence electrons. The summed E-state index contributed by atoms with van der Waals surface area (Å²) in [4.78, 5) is 0. The Kier molecular flexibility index (Phi) is 3.53. The van der Waals surface area contributed by atoms with Gasteiger partial charge in [-0.3, -0.25) is 0 Å². The van der Waals surface area contributed by atoms with Gasteiger partial charge in [0.25, 0.3) is 0 Å². The predicted octanol–water partition coefficient (Wildman–Crippen LogP) is 3.89. The fraction of sp³-hybridized carbons (Fsp3) is 0.600. The topological polar surface area (TPSA) is 26.0 Å². The number of benzene rings is 1. The monoisotopic (exact) mass is 235 g/mol. The Bertz CT molecular complexity index is 402. The van der Waals surface area contributed by atoms with Crippen molar-refractivity contribution in [3.8, 4) is 0 Å². The van der Waals surface area contributed by atoms with Crippen molar-refractivity contribution in [3.05, 3.63) is 35.1 Å². The van der Waals surface area contributed by atoms with E-state index in [1.54, 1.807) is 6.07 Å². The van der Waals surface area contributed by atoms with Crippen molar-refractivity contribution in [2.75, 3.05) is 0 Å². The SMILES string of the molecule is CCC1CCCC(N)(c2ccc(F)c(C)c2)C1. The lowest BCUT2D eigenvalue weighted by Gasteiger charge is -2.38. The largest absolute Gasteiger partial charge is 0.321 e. The van der Waals surface area contributed by atoms with Crippen LogP contribution in [0.4, 0.5) is 4.39 Å². The number of rotatable bonds is 2. The number of hydrogen-bond donors (Lipinski definition) is 1. The van der Waals surface area contributed by atoms with E-state index < -0.39 is 0 Å². The van der Waals surface area contributed by atoms with E-state index in [4.69, 9.17) is 5.73 Å². The number of nitrogens with two attached hydrogens (primary N) is 1. The summed E-state index contributed by atoms with van der Waals surface area (Å²) in [5.74, 6) is 0.583. The van der Waals surface area contributed by atoms with Crippen molar-refractivity contribution in [1.82, 2.24) is 0 Å². The van der Waals surface area contributed by atoms with E-state index in [9.17, 15) is 4.39 Å². The van der Waals surface area contributed by atoms with Crippen molar-refractivity contribution < 1.29 is 4.39 Å². The van der Waals surface area contributed by atoms with Crippen LogP contribution in [0.3, 0.4) is 0 Å². The van der Waals surface area contributed by atoms with Crippen LogP contribution in [0.25, 0.3) is 0 Å². The van der Waals surface area contributed by atoms with Crippen LogP contribution in [0.5, 0.6) is 0 Å². The lowest BCUT2D eigenvalue weighted by atomic mass is 9.71. The van der Waals surface area contributed by atoms with Crippen LogP contribution in [-0.4, -0.2) is 0 Å². The average Bonchev–Trinajstić information content (AvgIpc) is 2.32. The highest BCUT2D eigenvalue weighted by molar-refractivity contribution is 5.30. The van der Waals surface area contributed by atoms with Crippen molar-refractivity contribution in [1.29, 1.82) is 0 Å². The first kappa shape index (κ1) is 12.6. The molecule has 1 aliphatic carbocycles. The first-order chi connectivity index (χ1) is 8.05. The van der Waals surface area contributed by atoms with Crippen molar-refractivity contribution >= 4 is 0 Å². The van der Waals surface area contributed by atoms with Gasteiger partial charge in [-0.1, -0.05) is 38.3 Å². The second-order valence-electron chi connectivity index (χ2n) is 5.49. The minimum atomic E-state index is -0.239. The zero-order valence-electron chi connectivity index (χ0n) is 10.8. The molecule has 2 unspecified atom stereocenters. The van der Waals surface area contributed by atoms with Gasteiger partial charge in [-0.15, -0.1) is 0 Å². The van der Waals surface area contributed by atoms with Gasteiger partial charge in [0.05, 0.1) is 0 Å².